The Kier molecular flexibility index (Phi) is 7.10. The fourth-order valence-electron chi connectivity index (χ4n) is 4.87. The summed E-state index contributed by atoms with van der Waals surface area (Å²) < 4.78 is 51.9. The number of carbonyl (C=O) groups excluding carboxylic acids is 1. The van der Waals surface area contributed by atoms with E-state index >= 15 is 0 Å². The second kappa shape index (κ2) is 10.1. The predicted octanol–water partition coefficient (Wildman–Crippen LogP) is 0.788. The van der Waals surface area contributed by atoms with Crippen LogP contribution in [0.5, 0.6) is 0 Å². The molecule has 0 bridgehead atoms. The summed E-state index contributed by atoms with van der Waals surface area (Å²) in [7, 11) is -5.78. The van der Waals surface area contributed by atoms with Crippen LogP contribution in [0.3, 0.4) is 0 Å². The van der Waals surface area contributed by atoms with Crippen LogP contribution in [0.25, 0.3) is 10.9 Å². The van der Waals surface area contributed by atoms with E-state index in [1.165, 1.54) is 26.6 Å². The lowest BCUT2D eigenvalue weighted by molar-refractivity contribution is 0.0559. The Balaban J connectivity index is 1.41. The third-order valence-electron chi connectivity index (χ3n) is 6.93. The van der Waals surface area contributed by atoms with Crippen molar-refractivity contribution in [2.45, 2.75) is 30.5 Å². The van der Waals surface area contributed by atoms with Gasteiger partial charge >= 0.3 is 0 Å². The summed E-state index contributed by atoms with van der Waals surface area (Å²) in [6.45, 7) is 1.66. The molecule has 1 fully saturated rings. The third kappa shape index (κ3) is 5.35. The largest absolute Gasteiger partial charge is 0.345 e. The highest BCUT2D eigenvalue weighted by molar-refractivity contribution is 7.89. The van der Waals surface area contributed by atoms with Gasteiger partial charge in [-0.3, -0.25) is 4.79 Å². The van der Waals surface area contributed by atoms with Crippen molar-refractivity contribution >= 4 is 48.2 Å². The number of aromatic amines is 1. The van der Waals surface area contributed by atoms with Crippen molar-refractivity contribution in [3.8, 4) is 12.3 Å². The molecule has 2 aliphatic rings. The van der Waals surface area contributed by atoms with Crippen LogP contribution in [-0.2, 0) is 33.0 Å². The molecule has 0 radical (unpaired) electrons. The van der Waals surface area contributed by atoms with E-state index in [-0.39, 0.29) is 42.7 Å². The van der Waals surface area contributed by atoms with E-state index in [0.29, 0.717) is 28.0 Å². The Morgan fingerprint density at radius 1 is 1.24 bits per heavy atom. The van der Waals surface area contributed by atoms with Gasteiger partial charge in [-0.1, -0.05) is 5.92 Å². The van der Waals surface area contributed by atoms with Crippen molar-refractivity contribution in [2.75, 3.05) is 39.0 Å². The molecular weight excluding hydrogens is 549 g/mol. The smallest absolute Gasteiger partial charge is 0.283 e. The quantitative estimate of drug-likeness (QED) is 0.412. The lowest BCUT2D eigenvalue weighted by atomic mass is 10.1. The first-order valence-corrected chi connectivity index (χ1v) is 16.0. The number of nitrogens with two attached hydrogens (primary N) is 1. The van der Waals surface area contributed by atoms with Crippen LogP contribution >= 0.6 is 11.3 Å². The molecule has 0 saturated carbocycles. The Morgan fingerprint density at radius 2 is 2.03 bits per heavy atom. The SMILES string of the molecule is C#Cc1ccc2[nH]c(S(=O)(=O)N3CCN(C(=O)c4nc5c(s4)CN(C)CC5)C(CCS(N)(=O)=O)C3)cc2c1. The number of likely N-dealkylation sites (N-methyl/N-ethyl adjacent to an activating group) is 1. The van der Waals surface area contributed by atoms with Crippen LogP contribution in [0.4, 0.5) is 0 Å². The molecule has 202 valence electrons. The van der Waals surface area contributed by atoms with Crippen molar-refractivity contribution in [3.63, 3.8) is 0 Å². The van der Waals surface area contributed by atoms with E-state index in [4.69, 9.17) is 11.6 Å². The summed E-state index contributed by atoms with van der Waals surface area (Å²) in [5, 5.41) is 6.25. The maximum Gasteiger partial charge on any atom is 0.283 e. The van der Waals surface area contributed by atoms with Crippen LogP contribution < -0.4 is 5.14 Å². The molecule has 1 unspecified atom stereocenters. The van der Waals surface area contributed by atoms with Gasteiger partial charge < -0.3 is 14.8 Å². The summed E-state index contributed by atoms with van der Waals surface area (Å²) in [4.78, 5) is 25.8. The molecule has 3 N–H and O–H groups in total. The van der Waals surface area contributed by atoms with Crippen LogP contribution in [0.2, 0.25) is 0 Å². The molecule has 3 aromatic rings. The molecule has 38 heavy (non-hydrogen) atoms. The number of nitrogens with zero attached hydrogens (tertiary/aromatic N) is 4. The zero-order valence-electron chi connectivity index (χ0n) is 20.8. The van der Waals surface area contributed by atoms with Gasteiger partial charge in [0, 0.05) is 66.5 Å². The maximum atomic E-state index is 13.6. The van der Waals surface area contributed by atoms with E-state index < -0.39 is 26.1 Å². The van der Waals surface area contributed by atoms with E-state index in [2.05, 4.69) is 20.8 Å². The number of thiazole rings is 1. The van der Waals surface area contributed by atoms with E-state index in [1.807, 2.05) is 7.05 Å². The van der Waals surface area contributed by atoms with Gasteiger partial charge in [0.1, 0.15) is 5.03 Å². The van der Waals surface area contributed by atoms with E-state index in [0.717, 1.165) is 23.5 Å². The van der Waals surface area contributed by atoms with Crippen molar-refractivity contribution in [2.24, 2.45) is 5.14 Å². The number of hydrogen-bond acceptors (Lipinski definition) is 8. The molecule has 2 aliphatic heterocycles. The predicted molar refractivity (Wildman–Crippen MR) is 145 cm³/mol. The van der Waals surface area contributed by atoms with Crippen LogP contribution in [0, 0.1) is 12.3 Å². The minimum atomic E-state index is -3.96. The number of fused-ring (bicyclic) bond motifs is 2. The first-order chi connectivity index (χ1) is 17.9. The second-order valence-corrected chi connectivity index (χ2v) is 14.4. The number of primary sulfonamides is 1. The minimum Gasteiger partial charge on any atom is -0.345 e. The van der Waals surface area contributed by atoms with Crippen LogP contribution in [-0.4, -0.2) is 91.8 Å². The highest BCUT2D eigenvalue weighted by Gasteiger charge is 2.38. The van der Waals surface area contributed by atoms with Gasteiger partial charge in [-0.05, 0) is 37.7 Å². The normalized spacial score (nSPS) is 19.4. The third-order valence-corrected chi connectivity index (χ3v) is 10.6. The lowest BCUT2D eigenvalue weighted by Crippen LogP contribution is -2.57. The summed E-state index contributed by atoms with van der Waals surface area (Å²) in [5.74, 6) is 1.83. The highest BCUT2D eigenvalue weighted by atomic mass is 32.2. The van der Waals surface area contributed by atoms with E-state index in [9.17, 15) is 21.6 Å². The molecule has 1 aromatic carbocycles. The molecule has 14 heteroatoms. The number of amides is 1. The average Bonchev–Trinajstić information content (AvgIpc) is 3.50. The zero-order valence-corrected chi connectivity index (χ0v) is 23.2. The number of rotatable bonds is 6. The number of terminal acetylenes is 1. The number of piperazine rings is 1. The van der Waals surface area contributed by atoms with Gasteiger partial charge in [-0.25, -0.2) is 27.0 Å². The van der Waals surface area contributed by atoms with Crippen molar-refractivity contribution in [1.82, 2.24) is 24.1 Å². The van der Waals surface area contributed by atoms with E-state index in [1.54, 1.807) is 18.2 Å². The number of H-pyrrole nitrogens is 1. The first-order valence-electron chi connectivity index (χ1n) is 12.0. The van der Waals surface area contributed by atoms with Gasteiger partial charge in [0.2, 0.25) is 10.0 Å². The second-order valence-electron chi connectivity index (χ2n) is 9.63. The van der Waals surface area contributed by atoms with Crippen LogP contribution in [0.15, 0.2) is 29.3 Å². The van der Waals surface area contributed by atoms with Gasteiger partial charge in [-0.15, -0.1) is 17.8 Å². The number of benzene rings is 1. The molecule has 0 aliphatic carbocycles. The number of sulfonamides is 2. The monoisotopic (exact) mass is 576 g/mol. The fraction of sp³-hybridized carbons (Fsp3) is 0.417. The Bertz CT molecular complexity index is 1650. The van der Waals surface area contributed by atoms with Crippen molar-refractivity contribution in [3.05, 3.63) is 45.4 Å². The lowest BCUT2D eigenvalue weighted by Gasteiger charge is -2.40. The molecule has 2 aromatic heterocycles. The summed E-state index contributed by atoms with van der Waals surface area (Å²) in [6.07, 6.45) is 6.22. The van der Waals surface area contributed by atoms with Crippen molar-refractivity contribution < 1.29 is 21.6 Å². The highest BCUT2D eigenvalue weighted by Crippen LogP contribution is 2.29. The van der Waals surface area contributed by atoms with Gasteiger partial charge in [-0.2, -0.15) is 4.31 Å². The summed E-state index contributed by atoms with van der Waals surface area (Å²) in [5.41, 5.74) is 2.16. The molecular formula is C24H28N6O5S3. The number of nitrogens with one attached hydrogen (secondary N) is 1. The fourth-order valence-corrected chi connectivity index (χ4v) is 8.10. The summed E-state index contributed by atoms with van der Waals surface area (Å²) >= 11 is 1.34. The van der Waals surface area contributed by atoms with Crippen LogP contribution in [0.1, 0.15) is 32.4 Å². The Morgan fingerprint density at radius 3 is 2.76 bits per heavy atom. The molecule has 1 saturated heterocycles. The Labute approximate surface area is 225 Å². The van der Waals surface area contributed by atoms with Gasteiger partial charge in [0.25, 0.3) is 15.9 Å². The minimum absolute atomic E-state index is 0.00263. The van der Waals surface area contributed by atoms with Gasteiger partial charge in [0.05, 0.1) is 11.4 Å². The number of aromatic nitrogens is 2. The zero-order chi connectivity index (χ0) is 27.2. The molecule has 11 nitrogen and oxygen atoms in total. The Hall–Kier alpha value is -2.80. The maximum absolute atomic E-state index is 13.6. The van der Waals surface area contributed by atoms with Crippen molar-refractivity contribution in [1.29, 1.82) is 0 Å². The summed E-state index contributed by atoms with van der Waals surface area (Å²) in [6, 6.07) is 6.00. The number of hydrogen-bond donors (Lipinski definition) is 2. The standard InChI is InChI=1S/C24H28N6O5S3/c1-3-16-4-5-19-17(12-16)13-22(26-19)38(34,35)29-9-10-30(18(14-29)7-11-37(25,32)33)24(31)23-27-20-6-8-28(2)15-21(20)36-23/h1,4-5,12-13,18,26H,6-11,14-15H2,2H3,(H2,25,32,33). The number of carbonyl (C=O) groups is 1. The molecule has 5 rings (SSSR count). The molecule has 1 amide bonds. The molecule has 1 atom stereocenters. The molecule has 4 heterocycles. The first kappa shape index (κ1) is 26.8. The van der Waals surface area contributed by atoms with Gasteiger partial charge in [0.15, 0.2) is 5.01 Å². The average molecular weight is 577 g/mol. The topological polar surface area (TPSA) is 150 Å². The molecule has 0 spiro atoms.